The fraction of sp³-hybridized carbons (Fsp3) is 0.273. The average molecular weight is 252 g/mol. The van der Waals surface area contributed by atoms with Gasteiger partial charge in [0.15, 0.2) is 5.88 Å². The number of aryl methyl sites for hydroxylation is 1. The van der Waals surface area contributed by atoms with Crippen LogP contribution in [0.5, 0.6) is 0 Å². The van der Waals surface area contributed by atoms with Gasteiger partial charge in [0.05, 0.1) is 10.7 Å². The van der Waals surface area contributed by atoms with E-state index in [1.165, 1.54) is 6.07 Å². The Morgan fingerprint density at radius 3 is 3.00 bits per heavy atom. The molecule has 2 rings (SSSR count). The minimum absolute atomic E-state index is 0.0583. The molecule has 90 valence electrons. The number of carboxylic acid groups (broad SMARTS) is 1. The minimum atomic E-state index is -1.06. The molecule has 2 aromatic rings. The molecular weight excluding hydrogens is 240 g/mol. The first-order valence-corrected chi connectivity index (χ1v) is 6.01. The van der Waals surface area contributed by atoms with E-state index in [1.807, 2.05) is 12.3 Å². The van der Waals surface area contributed by atoms with Crippen molar-refractivity contribution in [2.75, 3.05) is 11.9 Å². The molecule has 2 heterocycles. The van der Waals surface area contributed by atoms with E-state index in [1.54, 1.807) is 17.4 Å². The molecule has 0 unspecified atom stereocenters. The van der Waals surface area contributed by atoms with Crippen molar-refractivity contribution < 1.29 is 14.3 Å². The van der Waals surface area contributed by atoms with Gasteiger partial charge in [0, 0.05) is 24.4 Å². The van der Waals surface area contributed by atoms with Crippen molar-refractivity contribution in [3.8, 4) is 0 Å². The maximum atomic E-state index is 10.6. The van der Waals surface area contributed by atoms with Crippen LogP contribution in [-0.2, 0) is 6.42 Å². The van der Waals surface area contributed by atoms with E-state index in [9.17, 15) is 4.79 Å². The standard InChI is InChI=1S/C11H12N2O3S/c1-7-13-8(6-17-7)4-5-12-10-3-2-9(16-10)11(14)15/h2-3,6,12H,4-5H2,1H3,(H,14,15). The van der Waals surface area contributed by atoms with Crippen molar-refractivity contribution in [3.05, 3.63) is 34.0 Å². The zero-order valence-corrected chi connectivity index (χ0v) is 10.1. The van der Waals surface area contributed by atoms with E-state index in [0.717, 1.165) is 17.1 Å². The summed E-state index contributed by atoms with van der Waals surface area (Å²) in [6, 6.07) is 3.04. The Kier molecular flexibility index (Phi) is 3.43. The molecule has 0 bridgehead atoms. The molecule has 0 atom stereocenters. The zero-order chi connectivity index (χ0) is 12.3. The second kappa shape index (κ2) is 5.01. The van der Waals surface area contributed by atoms with Gasteiger partial charge in [-0.1, -0.05) is 0 Å². The minimum Gasteiger partial charge on any atom is -0.475 e. The van der Waals surface area contributed by atoms with Gasteiger partial charge in [0.2, 0.25) is 5.76 Å². The van der Waals surface area contributed by atoms with Crippen molar-refractivity contribution in [3.63, 3.8) is 0 Å². The first-order valence-electron chi connectivity index (χ1n) is 5.13. The summed E-state index contributed by atoms with van der Waals surface area (Å²) in [6.45, 7) is 2.63. The van der Waals surface area contributed by atoms with Gasteiger partial charge in [0.25, 0.3) is 0 Å². The third-order valence-electron chi connectivity index (χ3n) is 2.16. The second-order valence-electron chi connectivity index (χ2n) is 3.50. The number of furan rings is 1. The summed E-state index contributed by atoms with van der Waals surface area (Å²) in [6.07, 6.45) is 0.785. The van der Waals surface area contributed by atoms with Crippen molar-refractivity contribution >= 4 is 23.2 Å². The molecule has 2 aromatic heterocycles. The van der Waals surface area contributed by atoms with Gasteiger partial charge in [-0.25, -0.2) is 9.78 Å². The SMILES string of the molecule is Cc1nc(CCNc2ccc(C(=O)O)o2)cs1. The highest BCUT2D eigenvalue weighted by atomic mass is 32.1. The summed E-state index contributed by atoms with van der Waals surface area (Å²) in [5.74, 6) is -0.653. The highest BCUT2D eigenvalue weighted by Crippen LogP contribution is 2.13. The van der Waals surface area contributed by atoms with Crippen LogP contribution < -0.4 is 5.32 Å². The van der Waals surface area contributed by atoms with E-state index in [4.69, 9.17) is 9.52 Å². The van der Waals surface area contributed by atoms with Gasteiger partial charge < -0.3 is 14.8 Å². The van der Waals surface area contributed by atoms with E-state index >= 15 is 0 Å². The predicted octanol–water partition coefficient (Wildman–Crippen LogP) is 2.40. The Hall–Kier alpha value is -1.82. The van der Waals surface area contributed by atoms with Crippen LogP contribution in [0.3, 0.4) is 0 Å². The molecule has 0 aromatic carbocycles. The highest BCUT2D eigenvalue weighted by molar-refractivity contribution is 7.09. The van der Waals surface area contributed by atoms with Gasteiger partial charge in [-0.2, -0.15) is 0 Å². The lowest BCUT2D eigenvalue weighted by atomic mass is 10.3. The van der Waals surface area contributed by atoms with Crippen LogP contribution in [0, 0.1) is 6.92 Å². The highest BCUT2D eigenvalue weighted by Gasteiger charge is 2.08. The molecule has 5 nitrogen and oxygen atoms in total. The summed E-state index contributed by atoms with van der Waals surface area (Å²) < 4.78 is 5.06. The average Bonchev–Trinajstić information content (AvgIpc) is 2.88. The lowest BCUT2D eigenvalue weighted by Gasteiger charge is -2.00. The Labute approximate surface area is 102 Å². The van der Waals surface area contributed by atoms with Crippen LogP contribution >= 0.6 is 11.3 Å². The molecule has 0 amide bonds. The number of rotatable bonds is 5. The molecule has 2 N–H and O–H groups in total. The molecule has 0 aliphatic rings. The predicted molar refractivity (Wildman–Crippen MR) is 64.7 cm³/mol. The Bertz CT molecular complexity index is 518. The maximum absolute atomic E-state index is 10.6. The summed E-state index contributed by atoms with van der Waals surface area (Å²) in [7, 11) is 0. The molecule has 6 heteroatoms. The number of nitrogens with zero attached hydrogens (tertiary/aromatic N) is 1. The van der Waals surface area contributed by atoms with E-state index in [2.05, 4.69) is 10.3 Å². The number of anilines is 1. The van der Waals surface area contributed by atoms with Crippen molar-refractivity contribution in [1.29, 1.82) is 0 Å². The number of thiazole rings is 1. The van der Waals surface area contributed by atoms with Crippen LogP contribution in [0.15, 0.2) is 21.9 Å². The molecule has 0 aliphatic carbocycles. The second-order valence-corrected chi connectivity index (χ2v) is 4.57. The zero-order valence-electron chi connectivity index (χ0n) is 9.27. The quantitative estimate of drug-likeness (QED) is 0.854. The molecule has 0 spiro atoms. The summed E-state index contributed by atoms with van der Waals surface area (Å²) >= 11 is 1.62. The molecule has 0 saturated carbocycles. The van der Waals surface area contributed by atoms with E-state index in [0.29, 0.717) is 12.4 Å². The number of hydrogen-bond acceptors (Lipinski definition) is 5. The van der Waals surface area contributed by atoms with Crippen molar-refractivity contribution in [2.45, 2.75) is 13.3 Å². The summed E-state index contributed by atoms with van der Waals surface area (Å²) in [5, 5.41) is 14.7. The van der Waals surface area contributed by atoms with Crippen LogP contribution in [0.2, 0.25) is 0 Å². The van der Waals surface area contributed by atoms with Gasteiger partial charge in [0.1, 0.15) is 0 Å². The molecule has 0 saturated heterocycles. The summed E-state index contributed by atoms with van der Waals surface area (Å²) in [4.78, 5) is 14.9. The fourth-order valence-electron chi connectivity index (χ4n) is 1.38. The smallest absolute Gasteiger partial charge is 0.371 e. The lowest BCUT2D eigenvalue weighted by molar-refractivity contribution is 0.0663. The van der Waals surface area contributed by atoms with Gasteiger partial charge in [-0.05, 0) is 13.0 Å². The fourth-order valence-corrected chi connectivity index (χ4v) is 2.03. The van der Waals surface area contributed by atoms with E-state index < -0.39 is 5.97 Å². The third kappa shape index (κ3) is 3.07. The van der Waals surface area contributed by atoms with Crippen LogP contribution in [0.4, 0.5) is 5.88 Å². The third-order valence-corrected chi connectivity index (χ3v) is 2.99. The molecule has 0 radical (unpaired) electrons. The molecule has 0 aliphatic heterocycles. The van der Waals surface area contributed by atoms with Crippen LogP contribution in [-0.4, -0.2) is 22.6 Å². The van der Waals surface area contributed by atoms with Gasteiger partial charge in [-0.3, -0.25) is 0 Å². The number of carboxylic acids is 1. The molecule has 0 fully saturated rings. The topological polar surface area (TPSA) is 75.4 Å². The monoisotopic (exact) mass is 252 g/mol. The maximum Gasteiger partial charge on any atom is 0.371 e. The Morgan fingerprint density at radius 1 is 1.59 bits per heavy atom. The molecular formula is C11H12N2O3S. The van der Waals surface area contributed by atoms with Crippen LogP contribution in [0.25, 0.3) is 0 Å². The van der Waals surface area contributed by atoms with Crippen LogP contribution in [0.1, 0.15) is 21.3 Å². The van der Waals surface area contributed by atoms with Gasteiger partial charge in [-0.15, -0.1) is 11.3 Å². The first kappa shape index (κ1) is 11.7. The number of aromatic nitrogens is 1. The number of hydrogen-bond donors (Lipinski definition) is 2. The van der Waals surface area contributed by atoms with Crippen molar-refractivity contribution in [1.82, 2.24) is 4.98 Å². The number of aromatic carboxylic acids is 1. The summed E-state index contributed by atoms with van der Waals surface area (Å²) in [5.41, 5.74) is 1.03. The largest absolute Gasteiger partial charge is 0.475 e. The lowest BCUT2D eigenvalue weighted by Crippen LogP contribution is -2.04. The number of carbonyl (C=O) groups is 1. The Balaban J connectivity index is 1.83. The molecule has 17 heavy (non-hydrogen) atoms. The number of nitrogens with one attached hydrogen (secondary N) is 1. The van der Waals surface area contributed by atoms with Crippen molar-refractivity contribution in [2.24, 2.45) is 0 Å². The van der Waals surface area contributed by atoms with E-state index in [-0.39, 0.29) is 5.76 Å². The normalized spacial score (nSPS) is 10.4. The van der Waals surface area contributed by atoms with Gasteiger partial charge >= 0.3 is 5.97 Å². The first-order chi connectivity index (χ1) is 8.15. The Morgan fingerprint density at radius 2 is 2.41 bits per heavy atom.